The minimum atomic E-state index is -3.38. The largest absolute Gasteiger partial charge is 0.380 e. The highest BCUT2D eigenvalue weighted by Gasteiger charge is 2.24. The lowest BCUT2D eigenvalue weighted by molar-refractivity contribution is 0.117. The zero-order valence-electron chi connectivity index (χ0n) is 12.7. The molecule has 0 saturated heterocycles. The molecule has 120 valence electrons. The van der Waals surface area contributed by atoms with Crippen LogP contribution in [0.4, 0.5) is 0 Å². The predicted octanol–water partition coefficient (Wildman–Crippen LogP) is 1.90. The van der Waals surface area contributed by atoms with Crippen molar-refractivity contribution in [3.63, 3.8) is 0 Å². The van der Waals surface area contributed by atoms with E-state index in [1.54, 1.807) is 13.1 Å². The number of thiophene rings is 1. The summed E-state index contributed by atoms with van der Waals surface area (Å²) < 4.78 is 32.1. The van der Waals surface area contributed by atoms with E-state index in [2.05, 4.69) is 5.32 Å². The summed E-state index contributed by atoms with van der Waals surface area (Å²) in [5.41, 5.74) is 0. The Balaban J connectivity index is 1.84. The second kappa shape index (κ2) is 7.69. The molecule has 1 N–H and O–H groups in total. The van der Waals surface area contributed by atoms with Gasteiger partial charge in [-0.1, -0.05) is 6.92 Å². The average molecular weight is 332 g/mol. The second-order valence-electron chi connectivity index (χ2n) is 5.35. The van der Waals surface area contributed by atoms with Crippen molar-refractivity contribution >= 4 is 21.4 Å². The Morgan fingerprint density at radius 3 is 2.86 bits per heavy atom. The van der Waals surface area contributed by atoms with Crippen LogP contribution in [-0.4, -0.2) is 46.1 Å². The van der Waals surface area contributed by atoms with E-state index in [1.807, 2.05) is 13.0 Å². The zero-order valence-corrected chi connectivity index (χ0v) is 14.3. The Hall–Kier alpha value is -0.470. The lowest BCUT2D eigenvalue weighted by atomic mass is 10.4. The van der Waals surface area contributed by atoms with Crippen LogP contribution >= 0.6 is 11.3 Å². The van der Waals surface area contributed by atoms with E-state index in [4.69, 9.17) is 4.74 Å². The van der Waals surface area contributed by atoms with Crippen molar-refractivity contribution in [2.75, 3.05) is 33.4 Å². The monoisotopic (exact) mass is 332 g/mol. The molecule has 7 heteroatoms. The van der Waals surface area contributed by atoms with Crippen molar-refractivity contribution in [1.29, 1.82) is 0 Å². The number of nitrogens with zero attached hydrogens (tertiary/aromatic N) is 1. The van der Waals surface area contributed by atoms with Gasteiger partial charge in [0, 0.05) is 31.6 Å². The Bertz CT molecular complexity index is 538. The van der Waals surface area contributed by atoms with E-state index in [1.165, 1.54) is 28.5 Å². The summed E-state index contributed by atoms with van der Waals surface area (Å²) in [6.45, 7) is 5.24. The van der Waals surface area contributed by atoms with Crippen molar-refractivity contribution in [2.24, 2.45) is 5.92 Å². The molecule has 0 aliphatic heterocycles. The maximum Gasteiger partial charge on any atom is 0.252 e. The molecule has 1 heterocycles. The van der Waals surface area contributed by atoms with Gasteiger partial charge >= 0.3 is 0 Å². The fraction of sp³-hybridized carbons (Fsp3) is 0.714. The number of hydrogen-bond donors (Lipinski definition) is 1. The Kier molecular flexibility index (Phi) is 6.19. The fourth-order valence-electron chi connectivity index (χ4n) is 1.84. The van der Waals surface area contributed by atoms with E-state index in [0.29, 0.717) is 29.8 Å². The van der Waals surface area contributed by atoms with Gasteiger partial charge in [0.2, 0.25) is 0 Å². The van der Waals surface area contributed by atoms with Crippen LogP contribution in [0.5, 0.6) is 0 Å². The standard InChI is InChI=1S/C14H24N2O3S2/c1-3-15-10-13-6-7-14(20-13)21(17,18)16(2)8-9-19-11-12-4-5-12/h6-7,12,15H,3-5,8-11H2,1-2H3. The molecule has 0 spiro atoms. The first-order valence-electron chi connectivity index (χ1n) is 7.37. The maximum absolute atomic E-state index is 12.4. The van der Waals surface area contributed by atoms with Gasteiger partial charge in [-0.15, -0.1) is 11.3 Å². The molecule has 0 atom stereocenters. The molecule has 1 aromatic rings. The maximum atomic E-state index is 12.4. The van der Waals surface area contributed by atoms with Crippen LogP contribution in [0.1, 0.15) is 24.6 Å². The normalized spacial score (nSPS) is 15.8. The van der Waals surface area contributed by atoms with E-state index in [-0.39, 0.29) is 0 Å². The summed E-state index contributed by atoms with van der Waals surface area (Å²) in [5.74, 6) is 0.706. The summed E-state index contributed by atoms with van der Waals surface area (Å²) in [4.78, 5) is 1.04. The first-order valence-corrected chi connectivity index (χ1v) is 9.63. The van der Waals surface area contributed by atoms with Crippen molar-refractivity contribution in [3.8, 4) is 0 Å². The van der Waals surface area contributed by atoms with Gasteiger partial charge in [0.25, 0.3) is 10.0 Å². The molecule has 5 nitrogen and oxygen atoms in total. The Morgan fingerprint density at radius 2 is 2.19 bits per heavy atom. The summed E-state index contributed by atoms with van der Waals surface area (Å²) >= 11 is 1.33. The van der Waals surface area contributed by atoms with Crippen LogP contribution in [0.2, 0.25) is 0 Å². The van der Waals surface area contributed by atoms with Crippen LogP contribution in [0.25, 0.3) is 0 Å². The molecule has 1 aliphatic rings. The number of nitrogens with one attached hydrogen (secondary N) is 1. The molecule has 1 fully saturated rings. The SMILES string of the molecule is CCNCc1ccc(S(=O)(=O)N(C)CCOCC2CC2)s1. The highest BCUT2D eigenvalue weighted by Crippen LogP contribution is 2.28. The lowest BCUT2D eigenvalue weighted by Gasteiger charge is -2.15. The fourth-order valence-corrected chi connectivity index (χ4v) is 4.53. The summed E-state index contributed by atoms with van der Waals surface area (Å²) in [7, 11) is -1.77. The summed E-state index contributed by atoms with van der Waals surface area (Å²) in [6, 6.07) is 3.56. The third kappa shape index (κ3) is 5.03. The molecule has 0 radical (unpaired) electrons. The van der Waals surface area contributed by atoms with Gasteiger partial charge in [0.05, 0.1) is 6.61 Å². The predicted molar refractivity (Wildman–Crippen MR) is 85.1 cm³/mol. The van der Waals surface area contributed by atoms with Crippen LogP contribution in [-0.2, 0) is 21.3 Å². The molecule has 0 aromatic carbocycles. The first-order chi connectivity index (χ1) is 10.0. The molecule has 2 rings (SSSR count). The average Bonchev–Trinajstić information content (AvgIpc) is 3.16. The minimum absolute atomic E-state index is 0.398. The van der Waals surface area contributed by atoms with Gasteiger partial charge in [-0.25, -0.2) is 8.42 Å². The van der Waals surface area contributed by atoms with E-state index in [9.17, 15) is 8.42 Å². The van der Waals surface area contributed by atoms with Crippen molar-refractivity contribution < 1.29 is 13.2 Å². The van der Waals surface area contributed by atoms with Crippen LogP contribution in [0.15, 0.2) is 16.3 Å². The highest BCUT2D eigenvalue weighted by atomic mass is 32.2. The number of likely N-dealkylation sites (N-methyl/N-ethyl adjacent to an activating group) is 1. The van der Waals surface area contributed by atoms with E-state index >= 15 is 0 Å². The third-order valence-corrected chi connectivity index (χ3v) is 6.86. The molecule has 1 aliphatic carbocycles. The van der Waals surface area contributed by atoms with Crippen molar-refractivity contribution in [2.45, 2.75) is 30.5 Å². The van der Waals surface area contributed by atoms with Gasteiger partial charge in [0.1, 0.15) is 4.21 Å². The lowest BCUT2D eigenvalue weighted by Crippen LogP contribution is -2.30. The second-order valence-corrected chi connectivity index (χ2v) is 8.79. The van der Waals surface area contributed by atoms with Gasteiger partial charge in [-0.3, -0.25) is 0 Å². The van der Waals surface area contributed by atoms with E-state index < -0.39 is 10.0 Å². The van der Waals surface area contributed by atoms with E-state index in [0.717, 1.165) is 18.0 Å². The molecule has 1 saturated carbocycles. The third-order valence-electron chi connectivity index (χ3n) is 3.45. The smallest absolute Gasteiger partial charge is 0.252 e. The topological polar surface area (TPSA) is 58.6 Å². The van der Waals surface area contributed by atoms with Gasteiger partial charge in [-0.05, 0) is 37.4 Å². The number of rotatable bonds is 10. The van der Waals surface area contributed by atoms with Crippen molar-refractivity contribution in [3.05, 3.63) is 17.0 Å². The summed E-state index contributed by atoms with van der Waals surface area (Å²) in [5, 5.41) is 3.20. The number of sulfonamides is 1. The van der Waals surface area contributed by atoms with Crippen LogP contribution in [0.3, 0.4) is 0 Å². The highest BCUT2D eigenvalue weighted by molar-refractivity contribution is 7.91. The number of ether oxygens (including phenoxy) is 1. The first kappa shape index (κ1) is 16.9. The van der Waals surface area contributed by atoms with Gasteiger partial charge < -0.3 is 10.1 Å². The van der Waals surface area contributed by atoms with Gasteiger partial charge in [0.15, 0.2) is 0 Å². The van der Waals surface area contributed by atoms with Crippen LogP contribution < -0.4 is 5.32 Å². The molecule has 1 aromatic heterocycles. The minimum Gasteiger partial charge on any atom is -0.380 e. The molecule has 0 bridgehead atoms. The number of hydrogen-bond acceptors (Lipinski definition) is 5. The van der Waals surface area contributed by atoms with Crippen molar-refractivity contribution in [1.82, 2.24) is 9.62 Å². The van der Waals surface area contributed by atoms with Crippen LogP contribution in [0, 0.1) is 5.92 Å². The Morgan fingerprint density at radius 1 is 1.43 bits per heavy atom. The molecule has 0 amide bonds. The molecular formula is C14H24N2O3S2. The zero-order chi connectivity index (χ0) is 15.3. The molecular weight excluding hydrogens is 308 g/mol. The summed E-state index contributed by atoms with van der Waals surface area (Å²) in [6.07, 6.45) is 2.50. The quantitative estimate of drug-likeness (QED) is 0.665. The molecule has 21 heavy (non-hydrogen) atoms. The molecule has 0 unspecified atom stereocenters. The van der Waals surface area contributed by atoms with Gasteiger partial charge in [-0.2, -0.15) is 4.31 Å². The Labute approximate surface area is 131 Å².